The van der Waals surface area contributed by atoms with E-state index in [1.807, 2.05) is 18.7 Å². The highest BCUT2D eigenvalue weighted by atomic mass is 16.2. The second-order valence-electron chi connectivity index (χ2n) is 5.34. The average molecular weight is 241 g/mol. The molecule has 0 bridgehead atoms. The first kappa shape index (κ1) is 16.5. The first-order chi connectivity index (χ1) is 8.04. The van der Waals surface area contributed by atoms with E-state index in [0.717, 1.165) is 18.9 Å². The zero-order chi connectivity index (χ0) is 13.4. The number of hydrogen-bond acceptors (Lipinski definition) is 1. The molecule has 0 N–H and O–H groups in total. The lowest BCUT2D eigenvalue weighted by Gasteiger charge is -2.21. The summed E-state index contributed by atoms with van der Waals surface area (Å²) in [6.45, 7) is 13.7. The summed E-state index contributed by atoms with van der Waals surface area (Å²) >= 11 is 0. The maximum Gasteiger partial charge on any atom is 0.223 e. The molecule has 1 unspecified atom stereocenters. The van der Waals surface area contributed by atoms with Crippen LogP contribution in [-0.2, 0) is 4.79 Å². The maximum atomic E-state index is 11.7. The third-order valence-electron chi connectivity index (χ3n) is 3.38. The molecule has 0 spiro atoms. The van der Waals surface area contributed by atoms with Gasteiger partial charge in [0, 0.05) is 19.0 Å². The number of likely N-dealkylation sites (tertiary alicyclic amines) is 1. The summed E-state index contributed by atoms with van der Waals surface area (Å²) in [5, 5.41) is 0. The van der Waals surface area contributed by atoms with Gasteiger partial charge in [-0.2, -0.15) is 0 Å². The van der Waals surface area contributed by atoms with E-state index >= 15 is 0 Å². The van der Waals surface area contributed by atoms with E-state index in [9.17, 15) is 4.79 Å². The zero-order valence-corrected chi connectivity index (χ0v) is 12.6. The summed E-state index contributed by atoms with van der Waals surface area (Å²) in [7, 11) is 0. The maximum absolute atomic E-state index is 11.7. The van der Waals surface area contributed by atoms with Crippen LogP contribution >= 0.6 is 0 Å². The second kappa shape index (κ2) is 8.54. The van der Waals surface area contributed by atoms with Crippen molar-refractivity contribution >= 4 is 5.91 Å². The summed E-state index contributed by atoms with van der Waals surface area (Å²) in [6, 6.07) is 0.379. The normalized spacial score (nSPS) is 21.5. The van der Waals surface area contributed by atoms with Crippen molar-refractivity contribution in [2.45, 2.75) is 73.3 Å². The lowest BCUT2D eigenvalue weighted by molar-refractivity contribution is -0.129. The van der Waals surface area contributed by atoms with Crippen LogP contribution in [0.1, 0.15) is 67.2 Å². The van der Waals surface area contributed by atoms with Gasteiger partial charge < -0.3 is 4.90 Å². The third-order valence-corrected chi connectivity index (χ3v) is 3.38. The molecule has 1 aliphatic rings. The Morgan fingerprint density at radius 2 is 1.88 bits per heavy atom. The van der Waals surface area contributed by atoms with Gasteiger partial charge in [0.05, 0.1) is 0 Å². The molecule has 0 saturated carbocycles. The summed E-state index contributed by atoms with van der Waals surface area (Å²) in [5.74, 6) is 1.75. The van der Waals surface area contributed by atoms with Gasteiger partial charge in [0.25, 0.3) is 0 Å². The minimum Gasteiger partial charge on any atom is -0.340 e. The van der Waals surface area contributed by atoms with Crippen LogP contribution < -0.4 is 0 Å². The van der Waals surface area contributed by atoms with Crippen LogP contribution in [0.25, 0.3) is 0 Å². The van der Waals surface area contributed by atoms with Crippen molar-refractivity contribution in [3.63, 3.8) is 0 Å². The largest absolute Gasteiger partial charge is 0.340 e. The van der Waals surface area contributed by atoms with E-state index in [1.54, 1.807) is 0 Å². The molecule has 102 valence electrons. The highest BCUT2D eigenvalue weighted by Crippen LogP contribution is 2.27. The fraction of sp³-hybridized carbons (Fsp3) is 0.933. The van der Waals surface area contributed by atoms with Gasteiger partial charge in [0.1, 0.15) is 0 Å². The van der Waals surface area contributed by atoms with Gasteiger partial charge in [-0.15, -0.1) is 0 Å². The first-order valence-electron chi connectivity index (χ1n) is 7.34. The Hall–Kier alpha value is -0.530. The van der Waals surface area contributed by atoms with Crippen molar-refractivity contribution < 1.29 is 4.79 Å². The van der Waals surface area contributed by atoms with E-state index in [-0.39, 0.29) is 0 Å². The average Bonchev–Trinajstić information content (AvgIpc) is 2.62. The lowest BCUT2D eigenvalue weighted by Crippen LogP contribution is -2.32. The number of carbonyl (C=O) groups excluding carboxylic acids is 1. The zero-order valence-electron chi connectivity index (χ0n) is 12.6. The van der Waals surface area contributed by atoms with Crippen LogP contribution in [0, 0.1) is 11.8 Å². The van der Waals surface area contributed by atoms with Gasteiger partial charge in [-0.3, -0.25) is 4.79 Å². The van der Waals surface area contributed by atoms with Crippen molar-refractivity contribution in [3.8, 4) is 0 Å². The fourth-order valence-corrected chi connectivity index (χ4v) is 2.65. The monoisotopic (exact) mass is 241 g/mol. The predicted octanol–water partition coefficient (Wildman–Crippen LogP) is 4.10. The molecule has 2 heteroatoms. The van der Waals surface area contributed by atoms with Crippen molar-refractivity contribution in [3.05, 3.63) is 0 Å². The molecule has 2 atom stereocenters. The molecule has 1 aliphatic heterocycles. The molecule has 1 saturated heterocycles. The van der Waals surface area contributed by atoms with Crippen LogP contribution in [0.15, 0.2) is 0 Å². The number of nitrogens with zero attached hydrogens (tertiary/aromatic N) is 1. The van der Waals surface area contributed by atoms with Gasteiger partial charge >= 0.3 is 0 Å². The van der Waals surface area contributed by atoms with Gasteiger partial charge in [0.15, 0.2) is 0 Å². The van der Waals surface area contributed by atoms with Crippen LogP contribution in [0.2, 0.25) is 0 Å². The van der Waals surface area contributed by atoms with Gasteiger partial charge in [-0.05, 0) is 32.1 Å². The molecule has 1 fully saturated rings. The minimum absolute atomic E-state index is 0.360. The molecule has 17 heavy (non-hydrogen) atoms. The summed E-state index contributed by atoms with van der Waals surface area (Å²) in [4.78, 5) is 13.7. The standard InChI is InChI=1S/C13H25NO.C2H6/c1-5-6-11(4)7-12-8-13(15)14(9-12)10(2)3;1-2/h10-12H,5-9H2,1-4H3;1-2H3/t11?,12-;/m0./s1. The summed E-state index contributed by atoms with van der Waals surface area (Å²) in [5.41, 5.74) is 0. The van der Waals surface area contributed by atoms with Gasteiger partial charge in [-0.25, -0.2) is 0 Å². The van der Waals surface area contributed by atoms with Gasteiger partial charge in [0.2, 0.25) is 5.91 Å². The van der Waals surface area contributed by atoms with Crippen LogP contribution in [0.5, 0.6) is 0 Å². The van der Waals surface area contributed by atoms with Crippen molar-refractivity contribution in [2.24, 2.45) is 11.8 Å². The Bertz CT molecular complexity index is 213. The molecule has 1 rings (SSSR count). The Balaban J connectivity index is 0.00000121. The Labute approximate surface area is 108 Å². The smallest absolute Gasteiger partial charge is 0.223 e. The fourth-order valence-electron chi connectivity index (χ4n) is 2.65. The number of rotatable bonds is 5. The van der Waals surface area contributed by atoms with Crippen LogP contribution in [0.3, 0.4) is 0 Å². The molecule has 0 aromatic carbocycles. The second-order valence-corrected chi connectivity index (χ2v) is 5.34. The van der Waals surface area contributed by atoms with Crippen molar-refractivity contribution in [1.82, 2.24) is 4.90 Å². The Morgan fingerprint density at radius 3 is 2.29 bits per heavy atom. The van der Waals surface area contributed by atoms with Crippen LogP contribution in [-0.4, -0.2) is 23.4 Å². The number of amides is 1. The SMILES string of the molecule is CC.CCCC(C)C[C@H]1CC(=O)N(C(C)C)C1. The van der Waals surface area contributed by atoms with E-state index in [2.05, 4.69) is 27.7 Å². The number of hydrogen-bond donors (Lipinski definition) is 0. The molecule has 0 aromatic rings. The van der Waals surface area contributed by atoms with Crippen LogP contribution in [0.4, 0.5) is 0 Å². The predicted molar refractivity (Wildman–Crippen MR) is 75.0 cm³/mol. The van der Waals surface area contributed by atoms with E-state index in [1.165, 1.54) is 19.3 Å². The molecular weight excluding hydrogens is 210 g/mol. The highest BCUT2D eigenvalue weighted by Gasteiger charge is 2.31. The minimum atomic E-state index is 0.360. The van der Waals surface area contributed by atoms with Crippen molar-refractivity contribution in [1.29, 1.82) is 0 Å². The van der Waals surface area contributed by atoms with Gasteiger partial charge in [-0.1, -0.05) is 40.5 Å². The molecule has 1 heterocycles. The van der Waals surface area contributed by atoms with Crippen molar-refractivity contribution in [2.75, 3.05) is 6.54 Å². The molecule has 0 radical (unpaired) electrons. The number of carbonyl (C=O) groups is 1. The lowest BCUT2D eigenvalue weighted by atomic mass is 9.92. The van der Waals surface area contributed by atoms with E-state index in [4.69, 9.17) is 0 Å². The topological polar surface area (TPSA) is 20.3 Å². The molecule has 0 aromatic heterocycles. The molecule has 0 aliphatic carbocycles. The Morgan fingerprint density at radius 1 is 1.29 bits per heavy atom. The van der Waals surface area contributed by atoms with E-state index < -0.39 is 0 Å². The molecular formula is C15H31NO. The summed E-state index contributed by atoms with van der Waals surface area (Å²) < 4.78 is 0. The third kappa shape index (κ3) is 5.56. The first-order valence-corrected chi connectivity index (χ1v) is 7.34. The summed E-state index contributed by atoms with van der Waals surface area (Å²) in [6.07, 6.45) is 4.57. The highest BCUT2D eigenvalue weighted by molar-refractivity contribution is 5.78. The molecule has 2 nitrogen and oxygen atoms in total. The Kier molecular flexibility index (Phi) is 8.28. The molecule has 1 amide bonds. The van der Waals surface area contributed by atoms with E-state index in [0.29, 0.717) is 17.9 Å². The quantitative estimate of drug-likeness (QED) is 0.709.